The number of nitro benzene ring substituents is 1. The van der Waals surface area contributed by atoms with E-state index < -0.39 is 11.0 Å². The summed E-state index contributed by atoms with van der Waals surface area (Å²) in [7, 11) is 0. The number of allylic oxidation sites excluding steroid dienone is 1. The Morgan fingerprint density at radius 2 is 1.82 bits per heavy atom. The number of nitro groups is 1. The van der Waals surface area contributed by atoms with Gasteiger partial charge in [0.1, 0.15) is 18.2 Å². The van der Waals surface area contributed by atoms with Gasteiger partial charge in [-0.15, -0.1) is 0 Å². The molecule has 10 heteroatoms. The Kier molecular flexibility index (Phi) is 7.31. The molecule has 1 atom stereocenters. The zero-order valence-electron chi connectivity index (χ0n) is 23.1. The second kappa shape index (κ2) is 11.4. The number of ether oxygens (including phenoxy) is 1. The molecule has 2 heterocycles. The molecule has 0 N–H and O–H groups in total. The molecule has 0 saturated carbocycles. The fourth-order valence-corrected chi connectivity index (χ4v) is 7.12. The lowest BCUT2D eigenvalue weighted by Crippen LogP contribution is -2.38. The van der Waals surface area contributed by atoms with Crippen LogP contribution in [0.5, 0.6) is 5.75 Å². The minimum atomic E-state index is -0.441. The molecular weight excluding hydrogens is 645 g/mol. The summed E-state index contributed by atoms with van der Waals surface area (Å²) >= 11 is 4.84. The van der Waals surface area contributed by atoms with Crippen LogP contribution in [0.15, 0.2) is 111 Å². The summed E-state index contributed by atoms with van der Waals surface area (Å²) in [5.41, 5.74) is 6.33. The topological polar surface area (TPSA) is 86.7 Å². The average Bonchev–Trinajstić information content (AvgIpc) is 3.34. The lowest BCUT2D eigenvalue weighted by atomic mass is 9.83. The van der Waals surface area contributed by atoms with Crippen LogP contribution in [0.1, 0.15) is 40.3 Å². The van der Waals surface area contributed by atoms with Crippen molar-refractivity contribution >= 4 is 44.7 Å². The van der Waals surface area contributed by atoms with Crippen molar-refractivity contribution in [3.05, 3.63) is 164 Å². The molecule has 0 fully saturated rings. The number of aryl methyl sites for hydroxylation is 1. The number of thiazole rings is 1. The third kappa shape index (κ3) is 5.20. The number of nitrogens with zero attached hydrogens (tertiary/aromatic N) is 3. The van der Waals surface area contributed by atoms with E-state index in [1.165, 1.54) is 41.2 Å². The van der Waals surface area contributed by atoms with E-state index in [1.807, 2.05) is 30.3 Å². The number of halogens is 2. The highest BCUT2D eigenvalue weighted by atomic mass is 79.9. The highest BCUT2D eigenvalue weighted by molar-refractivity contribution is 9.10. The van der Waals surface area contributed by atoms with Crippen molar-refractivity contribution in [2.24, 2.45) is 4.99 Å². The first-order chi connectivity index (χ1) is 21.4. The minimum Gasteiger partial charge on any atom is -0.488 e. The highest BCUT2D eigenvalue weighted by Gasteiger charge is 2.32. The van der Waals surface area contributed by atoms with Crippen LogP contribution in [0.25, 0.3) is 11.8 Å². The van der Waals surface area contributed by atoms with Crippen LogP contribution in [-0.2, 0) is 13.0 Å². The molecule has 1 unspecified atom stereocenters. The highest BCUT2D eigenvalue weighted by Crippen LogP contribution is 2.41. The normalized spacial score (nSPS) is 15.7. The Hall–Kier alpha value is -4.67. The van der Waals surface area contributed by atoms with Gasteiger partial charge in [-0.25, -0.2) is 9.38 Å². The summed E-state index contributed by atoms with van der Waals surface area (Å²) in [6.45, 7) is 0.193. The number of hydrogen-bond donors (Lipinski definition) is 0. The molecule has 2 aliphatic rings. The van der Waals surface area contributed by atoms with E-state index in [4.69, 9.17) is 9.73 Å². The number of fused-ring (bicyclic) bond motifs is 3. The van der Waals surface area contributed by atoms with Crippen LogP contribution in [0.2, 0.25) is 0 Å². The summed E-state index contributed by atoms with van der Waals surface area (Å²) in [4.78, 5) is 30.3. The van der Waals surface area contributed by atoms with Crippen LogP contribution in [0, 0.1) is 15.9 Å². The lowest BCUT2D eigenvalue weighted by molar-refractivity contribution is -0.384. The van der Waals surface area contributed by atoms with Gasteiger partial charge in [0.15, 0.2) is 4.80 Å². The van der Waals surface area contributed by atoms with Gasteiger partial charge in [0.25, 0.3) is 11.2 Å². The van der Waals surface area contributed by atoms with Crippen LogP contribution < -0.4 is 19.6 Å². The molecule has 4 aromatic carbocycles. The molecule has 7 rings (SSSR count). The fraction of sp³-hybridized carbons (Fsp3) is 0.118. The molecule has 0 radical (unpaired) electrons. The first-order valence-corrected chi connectivity index (χ1v) is 15.5. The summed E-state index contributed by atoms with van der Waals surface area (Å²) in [6, 6.07) is 25.9. The Balaban J connectivity index is 1.33. The Morgan fingerprint density at radius 1 is 1.05 bits per heavy atom. The molecular formula is C34H23BrFN3O4S. The van der Waals surface area contributed by atoms with Gasteiger partial charge in [0.05, 0.1) is 21.2 Å². The number of hydrogen-bond acceptors (Lipinski definition) is 6. The second-order valence-electron chi connectivity index (χ2n) is 10.6. The third-order valence-electron chi connectivity index (χ3n) is 7.86. The zero-order valence-corrected chi connectivity index (χ0v) is 25.5. The predicted molar refractivity (Wildman–Crippen MR) is 171 cm³/mol. The summed E-state index contributed by atoms with van der Waals surface area (Å²) < 4.78 is 23.1. The van der Waals surface area contributed by atoms with Crippen molar-refractivity contribution in [1.82, 2.24) is 4.57 Å². The van der Waals surface area contributed by atoms with Crippen LogP contribution >= 0.6 is 27.3 Å². The maximum atomic E-state index is 14.1. The molecule has 218 valence electrons. The van der Waals surface area contributed by atoms with Crippen molar-refractivity contribution < 1.29 is 14.1 Å². The van der Waals surface area contributed by atoms with Gasteiger partial charge >= 0.3 is 0 Å². The number of rotatable bonds is 6. The average molecular weight is 669 g/mol. The summed E-state index contributed by atoms with van der Waals surface area (Å²) in [5.74, 6) is 0.223. The van der Waals surface area contributed by atoms with Crippen molar-refractivity contribution in [2.75, 3.05) is 0 Å². The Labute approximate surface area is 263 Å². The molecule has 5 aromatic rings. The monoisotopic (exact) mass is 667 g/mol. The molecule has 44 heavy (non-hydrogen) atoms. The van der Waals surface area contributed by atoms with Crippen molar-refractivity contribution in [2.45, 2.75) is 25.5 Å². The number of aromatic nitrogens is 1. The van der Waals surface area contributed by atoms with Gasteiger partial charge in [0.2, 0.25) is 0 Å². The van der Waals surface area contributed by atoms with Gasteiger partial charge in [-0.2, -0.15) is 0 Å². The summed E-state index contributed by atoms with van der Waals surface area (Å²) in [6.07, 6.45) is 3.38. The standard InChI is InChI=1S/C34H23BrFN3O4S/c35-24-10-16-29(43-19-20-5-13-26(14-6-20)39(41)42)23(17-24)18-30-33(40)38-32(22-7-11-25(36)12-8-22)28-15-9-21-3-1-2-4-27(21)31(28)37-34(38)44-30/h1-8,10-14,16-18,32H,9,15,19H2/b30-18+. The van der Waals surface area contributed by atoms with Gasteiger partial charge in [-0.3, -0.25) is 19.5 Å². The zero-order chi connectivity index (χ0) is 30.4. The van der Waals surface area contributed by atoms with E-state index in [-0.39, 0.29) is 23.7 Å². The molecule has 1 aliphatic heterocycles. The molecule has 1 aliphatic carbocycles. The minimum absolute atomic E-state index is 0.0116. The number of non-ortho nitro benzene ring substituents is 1. The first kappa shape index (κ1) is 28.1. The summed E-state index contributed by atoms with van der Waals surface area (Å²) in [5, 5.41) is 11.0. The van der Waals surface area contributed by atoms with Crippen LogP contribution in [0.4, 0.5) is 10.1 Å². The van der Waals surface area contributed by atoms with E-state index in [2.05, 4.69) is 28.1 Å². The number of benzene rings is 4. The van der Waals surface area contributed by atoms with Crippen LogP contribution in [0.3, 0.4) is 0 Å². The molecule has 0 amide bonds. The van der Waals surface area contributed by atoms with E-state index in [0.29, 0.717) is 20.6 Å². The van der Waals surface area contributed by atoms with Gasteiger partial charge in [-0.1, -0.05) is 63.7 Å². The van der Waals surface area contributed by atoms with Crippen LogP contribution in [-0.4, -0.2) is 9.49 Å². The smallest absolute Gasteiger partial charge is 0.271 e. The Morgan fingerprint density at radius 3 is 2.59 bits per heavy atom. The van der Waals surface area contributed by atoms with Crippen molar-refractivity contribution in [1.29, 1.82) is 0 Å². The maximum Gasteiger partial charge on any atom is 0.271 e. The molecule has 1 aromatic heterocycles. The molecule has 0 bridgehead atoms. The maximum absolute atomic E-state index is 14.1. The second-order valence-corrected chi connectivity index (χ2v) is 12.5. The quantitative estimate of drug-likeness (QED) is 0.149. The van der Waals surface area contributed by atoms with E-state index in [1.54, 1.807) is 34.9 Å². The van der Waals surface area contributed by atoms with Gasteiger partial charge in [-0.05, 0) is 83.6 Å². The van der Waals surface area contributed by atoms with Crippen molar-refractivity contribution in [3.8, 4) is 5.75 Å². The molecule has 7 nitrogen and oxygen atoms in total. The van der Waals surface area contributed by atoms with E-state index >= 15 is 0 Å². The fourth-order valence-electron chi connectivity index (χ4n) is 5.75. The van der Waals surface area contributed by atoms with E-state index in [9.17, 15) is 19.3 Å². The third-order valence-corrected chi connectivity index (χ3v) is 9.33. The van der Waals surface area contributed by atoms with Gasteiger partial charge < -0.3 is 4.74 Å². The largest absolute Gasteiger partial charge is 0.488 e. The lowest BCUT2D eigenvalue weighted by Gasteiger charge is -2.30. The van der Waals surface area contributed by atoms with Gasteiger partial charge in [0, 0.05) is 27.7 Å². The van der Waals surface area contributed by atoms with E-state index in [0.717, 1.165) is 45.3 Å². The molecule has 0 spiro atoms. The predicted octanol–water partition coefficient (Wildman–Crippen LogP) is 6.71. The Bertz CT molecular complexity index is 2150. The SMILES string of the molecule is O=c1/c(=C\c2cc(Br)ccc2OCc2ccc([N+](=O)[O-])cc2)sc2n1C(c1ccc(F)cc1)C1=C(N=2)c2ccccc2CC1. The first-order valence-electron chi connectivity index (χ1n) is 13.9. The molecule has 0 saturated heterocycles. The van der Waals surface area contributed by atoms with Crippen molar-refractivity contribution in [3.63, 3.8) is 0 Å².